The van der Waals surface area contributed by atoms with E-state index in [0.29, 0.717) is 34.0 Å². The fourth-order valence-electron chi connectivity index (χ4n) is 3.51. The number of pyridine rings is 2. The first-order valence-corrected chi connectivity index (χ1v) is 10.4. The Morgan fingerprint density at radius 3 is 2.55 bits per heavy atom. The minimum absolute atomic E-state index is 0.321. The number of amides is 1. The van der Waals surface area contributed by atoms with Crippen molar-refractivity contribution in [2.24, 2.45) is 5.10 Å². The van der Waals surface area contributed by atoms with E-state index in [-0.39, 0.29) is 5.91 Å². The monoisotopic (exact) mass is 440 g/mol. The fraction of sp³-hybridized carbons (Fsp3) is 0.154. The number of benzene rings is 2. The third-order valence-electron chi connectivity index (χ3n) is 5.29. The lowest BCUT2D eigenvalue weighted by molar-refractivity contribution is 0.0956. The normalized spacial score (nSPS) is 11.3. The molecule has 0 unspecified atom stereocenters. The second kappa shape index (κ2) is 9.48. The van der Waals surface area contributed by atoms with Crippen molar-refractivity contribution in [1.82, 2.24) is 15.4 Å². The van der Waals surface area contributed by atoms with E-state index in [1.165, 1.54) is 0 Å². The Bertz CT molecular complexity index is 1350. The van der Waals surface area contributed by atoms with Crippen LogP contribution in [-0.2, 0) is 0 Å². The maximum absolute atomic E-state index is 13.2. The second-order valence-electron chi connectivity index (χ2n) is 7.53. The highest BCUT2D eigenvalue weighted by atomic mass is 16.5. The first-order chi connectivity index (χ1) is 16.0. The largest absolute Gasteiger partial charge is 0.493 e. The van der Waals surface area contributed by atoms with Crippen molar-refractivity contribution in [3.05, 3.63) is 83.7 Å². The number of hydrogen-bond acceptors (Lipinski definition) is 6. The Morgan fingerprint density at radius 1 is 1.00 bits per heavy atom. The summed E-state index contributed by atoms with van der Waals surface area (Å²) in [5, 5.41) is 5.03. The maximum Gasteiger partial charge on any atom is 0.272 e. The minimum Gasteiger partial charge on any atom is -0.493 e. The van der Waals surface area contributed by atoms with Gasteiger partial charge in [-0.15, -0.1) is 0 Å². The second-order valence-corrected chi connectivity index (χ2v) is 7.53. The molecule has 2 heterocycles. The molecule has 2 aromatic heterocycles. The lowest BCUT2D eigenvalue weighted by Gasteiger charge is -2.12. The minimum atomic E-state index is -0.321. The highest BCUT2D eigenvalue weighted by Crippen LogP contribution is 2.33. The zero-order valence-electron chi connectivity index (χ0n) is 18.9. The van der Waals surface area contributed by atoms with E-state index >= 15 is 0 Å². The number of hydrogen-bond donors (Lipinski definition) is 1. The van der Waals surface area contributed by atoms with Gasteiger partial charge in [0.05, 0.1) is 36.7 Å². The van der Waals surface area contributed by atoms with E-state index in [2.05, 4.69) is 15.5 Å². The number of ether oxygens (including phenoxy) is 2. The maximum atomic E-state index is 13.2. The van der Waals surface area contributed by atoms with Crippen molar-refractivity contribution in [3.63, 3.8) is 0 Å². The summed E-state index contributed by atoms with van der Waals surface area (Å²) < 4.78 is 10.8. The lowest BCUT2D eigenvalue weighted by atomic mass is 10.0. The van der Waals surface area contributed by atoms with E-state index in [0.717, 1.165) is 22.1 Å². The van der Waals surface area contributed by atoms with Gasteiger partial charge in [-0.25, -0.2) is 10.4 Å². The van der Waals surface area contributed by atoms with Crippen molar-refractivity contribution in [2.45, 2.75) is 13.8 Å². The Hall–Kier alpha value is -4.26. The van der Waals surface area contributed by atoms with Crippen molar-refractivity contribution in [2.75, 3.05) is 14.2 Å². The van der Waals surface area contributed by atoms with Gasteiger partial charge in [-0.3, -0.25) is 9.78 Å². The van der Waals surface area contributed by atoms with Crippen LogP contribution in [0.5, 0.6) is 11.5 Å². The number of hydrazone groups is 1. The Kier molecular flexibility index (Phi) is 6.31. The number of fused-ring (bicyclic) bond motifs is 1. The highest BCUT2D eigenvalue weighted by molar-refractivity contribution is 6.08. The van der Waals surface area contributed by atoms with Crippen LogP contribution < -0.4 is 14.9 Å². The molecule has 0 radical (unpaired) electrons. The molecule has 0 fully saturated rings. The summed E-state index contributed by atoms with van der Waals surface area (Å²) in [6.07, 6.45) is 3.39. The Balaban J connectivity index is 1.77. The zero-order chi connectivity index (χ0) is 23.4. The summed E-state index contributed by atoms with van der Waals surface area (Å²) >= 11 is 0. The van der Waals surface area contributed by atoms with Crippen LogP contribution in [0.2, 0.25) is 0 Å². The molecule has 1 amide bonds. The summed E-state index contributed by atoms with van der Waals surface area (Å²) in [4.78, 5) is 22.1. The van der Waals surface area contributed by atoms with Crippen molar-refractivity contribution in [3.8, 4) is 22.8 Å². The summed E-state index contributed by atoms with van der Waals surface area (Å²) in [7, 11) is 3.17. The number of carbonyl (C=O) groups excluding carboxylic acids is 1. The van der Waals surface area contributed by atoms with Gasteiger partial charge in [-0.05, 0) is 56.3 Å². The number of aromatic nitrogens is 2. The van der Waals surface area contributed by atoms with E-state index in [1.54, 1.807) is 32.7 Å². The molecule has 0 saturated carbocycles. The molecule has 0 spiro atoms. The van der Waals surface area contributed by atoms with Crippen LogP contribution in [0.25, 0.3) is 22.2 Å². The molecule has 166 valence electrons. The first-order valence-electron chi connectivity index (χ1n) is 10.4. The van der Waals surface area contributed by atoms with E-state index in [9.17, 15) is 4.79 Å². The van der Waals surface area contributed by atoms with Crippen LogP contribution in [0.4, 0.5) is 0 Å². The Morgan fingerprint density at radius 2 is 1.82 bits per heavy atom. The number of nitrogens with one attached hydrogen (secondary N) is 1. The van der Waals surface area contributed by atoms with E-state index in [1.807, 2.05) is 62.4 Å². The van der Waals surface area contributed by atoms with Crippen LogP contribution in [0.1, 0.15) is 28.4 Å². The number of nitrogens with zero attached hydrogens (tertiary/aromatic N) is 3. The molecule has 2 aromatic carbocycles. The molecule has 0 aliphatic rings. The van der Waals surface area contributed by atoms with Gasteiger partial charge in [0, 0.05) is 28.9 Å². The number of carbonyl (C=O) groups is 1. The van der Waals surface area contributed by atoms with Crippen LogP contribution in [0, 0.1) is 6.92 Å². The molecular formula is C26H24N4O3. The van der Waals surface area contributed by atoms with Gasteiger partial charge in [0.25, 0.3) is 5.91 Å². The standard InChI is InChI=1S/C26H24N4O3/c1-16-7-9-22-20(12-16)21(26(31)30-29-17(2)19-6-5-11-27-15-19)14-23(28-22)18-8-10-24(32-3)25(13-18)33-4/h5-15H,1-4H3,(H,30,31)/b29-17-. The predicted molar refractivity (Wildman–Crippen MR) is 129 cm³/mol. The molecule has 33 heavy (non-hydrogen) atoms. The topological polar surface area (TPSA) is 85.7 Å². The smallest absolute Gasteiger partial charge is 0.272 e. The molecule has 0 atom stereocenters. The zero-order valence-corrected chi connectivity index (χ0v) is 18.9. The molecule has 4 aromatic rings. The highest BCUT2D eigenvalue weighted by Gasteiger charge is 2.16. The third-order valence-corrected chi connectivity index (χ3v) is 5.29. The average molecular weight is 441 g/mol. The Labute approximate surface area is 192 Å². The first kappa shape index (κ1) is 22.0. The molecule has 1 N–H and O–H groups in total. The van der Waals surface area contributed by atoms with E-state index < -0.39 is 0 Å². The fourth-order valence-corrected chi connectivity index (χ4v) is 3.51. The van der Waals surface area contributed by atoms with Gasteiger partial charge in [0.2, 0.25) is 0 Å². The molecule has 4 rings (SSSR count). The summed E-state index contributed by atoms with van der Waals surface area (Å²) in [6.45, 7) is 3.80. The van der Waals surface area contributed by atoms with Gasteiger partial charge >= 0.3 is 0 Å². The summed E-state index contributed by atoms with van der Waals surface area (Å²) in [6, 6.07) is 16.9. The molecule has 0 bridgehead atoms. The summed E-state index contributed by atoms with van der Waals surface area (Å²) in [5.41, 5.74) is 7.85. The van der Waals surface area contributed by atoms with Crippen LogP contribution in [0.3, 0.4) is 0 Å². The van der Waals surface area contributed by atoms with Crippen molar-refractivity contribution < 1.29 is 14.3 Å². The number of methoxy groups -OCH3 is 2. The molecule has 0 aliphatic carbocycles. The van der Waals surface area contributed by atoms with Crippen molar-refractivity contribution >= 4 is 22.5 Å². The van der Waals surface area contributed by atoms with Gasteiger partial charge in [0.1, 0.15) is 0 Å². The number of aryl methyl sites for hydroxylation is 1. The van der Waals surface area contributed by atoms with E-state index in [4.69, 9.17) is 14.5 Å². The SMILES string of the molecule is COc1ccc(-c2cc(C(=O)N/N=C(/C)c3cccnc3)c3cc(C)ccc3n2)cc1OC. The van der Waals surface area contributed by atoms with Crippen LogP contribution >= 0.6 is 0 Å². The van der Waals surface area contributed by atoms with Crippen molar-refractivity contribution in [1.29, 1.82) is 0 Å². The molecule has 0 saturated heterocycles. The number of rotatable bonds is 6. The average Bonchev–Trinajstić information content (AvgIpc) is 2.86. The third kappa shape index (κ3) is 4.67. The van der Waals surface area contributed by atoms with Gasteiger partial charge in [0.15, 0.2) is 11.5 Å². The molecular weight excluding hydrogens is 416 g/mol. The van der Waals surface area contributed by atoms with Crippen LogP contribution in [0.15, 0.2) is 72.1 Å². The van der Waals surface area contributed by atoms with Gasteiger partial charge < -0.3 is 9.47 Å². The molecule has 0 aliphatic heterocycles. The quantitative estimate of drug-likeness (QED) is 0.345. The van der Waals surface area contributed by atoms with Crippen LogP contribution in [-0.4, -0.2) is 35.8 Å². The van der Waals surface area contributed by atoms with Gasteiger partial charge in [-0.2, -0.15) is 5.10 Å². The lowest BCUT2D eigenvalue weighted by Crippen LogP contribution is -2.20. The molecule has 7 nitrogen and oxygen atoms in total. The van der Waals surface area contributed by atoms with Gasteiger partial charge in [-0.1, -0.05) is 17.7 Å². The summed E-state index contributed by atoms with van der Waals surface area (Å²) in [5.74, 6) is 0.886. The predicted octanol–water partition coefficient (Wildman–Crippen LogP) is 4.78. The molecule has 7 heteroatoms.